The zero-order valence-corrected chi connectivity index (χ0v) is 15.9. The van der Waals surface area contributed by atoms with Crippen molar-refractivity contribution in [1.82, 2.24) is 14.0 Å². The molecule has 2 aromatic rings. The molecule has 0 atom stereocenters. The Hall–Kier alpha value is -2.70. The number of carbonyl (C=O) groups excluding carboxylic acids is 1. The van der Waals surface area contributed by atoms with Gasteiger partial charge in [0.25, 0.3) is 0 Å². The molecule has 0 fully saturated rings. The van der Waals surface area contributed by atoms with Gasteiger partial charge in [-0.05, 0) is 38.8 Å². The van der Waals surface area contributed by atoms with Crippen molar-refractivity contribution in [3.8, 4) is 5.75 Å². The molecule has 7 heteroatoms. The van der Waals surface area contributed by atoms with Gasteiger partial charge < -0.3 is 14.7 Å². The van der Waals surface area contributed by atoms with E-state index in [1.165, 1.54) is 4.57 Å². The number of benzene rings is 1. The van der Waals surface area contributed by atoms with E-state index in [1.807, 2.05) is 26.8 Å². The topological polar surface area (TPSA) is 76.7 Å². The molecule has 1 N–H and O–H groups in total. The van der Waals surface area contributed by atoms with Crippen LogP contribution in [-0.2, 0) is 18.8 Å². The van der Waals surface area contributed by atoms with Gasteiger partial charge in [-0.15, -0.1) is 0 Å². The van der Waals surface area contributed by atoms with Crippen LogP contribution in [0.15, 0.2) is 23.0 Å². The van der Waals surface area contributed by atoms with Gasteiger partial charge in [-0.1, -0.05) is 6.08 Å². The van der Waals surface area contributed by atoms with Crippen LogP contribution >= 0.6 is 0 Å². The minimum absolute atomic E-state index is 0.115. The van der Waals surface area contributed by atoms with Gasteiger partial charge in [-0.2, -0.15) is 0 Å². The fraction of sp³-hybridized carbons (Fsp3) is 0.474. The summed E-state index contributed by atoms with van der Waals surface area (Å²) in [5.74, 6) is 0.115. The predicted octanol–water partition coefficient (Wildman–Crippen LogP) is 2.61. The monoisotopic (exact) mass is 359 g/mol. The number of hydrogen-bond donors (Lipinski definition) is 1. The van der Waals surface area contributed by atoms with E-state index in [-0.39, 0.29) is 17.5 Å². The minimum Gasteiger partial charge on any atom is -0.508 e. The number of ether oxygens (including phenoxy) is 1. The molecule has 3 rings (SSSR count). The molecule has 7 nitrogen and oxygen atoms in total. The Morgan fingerprint density at radius 2 is 1.88 bits per heavy atom. The summed E-state index contributed by atoms with van der Waals surface area (Å²) in [6.07, 6.45) is 2.25. The second kappa shape index (κ2) is 6.23. The van der Waals surface area contributed by atoms with Crippen molar-refractivity contribution in [1.29, 1.82) is 0 Å². The number of carbonyl (C=O) groups is 1. The van der Waals surface area contributed by atoms with E-state index in [0.717, 1.165) is 16.7 Å². The predicted molar refractivity (Wildman–Crippen MR) is 100 cm³/mol. The molecule has 2 heterocycles. The van der Waals surface area contributed by atoms with Crippen molar-refractivity contribution >= 4 is 22.7 Å². The summed E-state index contributed by atoms with van der Waals surface area (Å²) in [7, 11) is 3.41. The molecular formula is C19H25N3O4. The summed E-state index contributed by atoms with van der Waals surface area (Å²) in [5, 5.41) is 10.1. The molecule has 0 saturated carbocycles. The molecule has 0 unspecified atom stereocenters. The van der Waals surface area contributed by atoms with Crippen LogP contribution in [0.4, 0.5) is 4.79 Å². The molecule has 0 aliphatic carbocycles. The zero-order valence-electron chi connectivity index (χ0n) is 15.9. The van der Waals surface area contributed by atoms with Gasteiger partial charge >= 0.3 is 11.8 Å². The van der Waals surface area contributed by atoms with E-state index in [0.29, 0.717) is 25.0 Å². The van der Waals surface area contributed by atoms with E-state index < -0.39 is 5.60 Å². The van der Waals surface area contributed by atoms with Crippen molar-refractivity contribution in [3.05, 3.63) is 34.3 Å². The number of aromatic hydroxyl groups is 1. The number of amides is 1. The minimum atomic E-state index is -0.527. The van der Waals surface area contributed by atoms with Gasteiger partial charge in [0.2, 0.25) is 0 Å². The molecule has 1 aliphatic heterocycles. The lowest BCUT2D eigenvalue weighted by Gasteiger charge is -2.29. The molecule has 1 aliphatic rings. The first kappa shape index (κ1) is 18.1. The lowest BCUT2D eigenvalue weighted by Crippen LogP contribution is -2.39. The maximum atomic E-state index is 12.3. The van der Waals surface area contributed by atoms with Crippen molar-refractivity contribution < 1.29 is 14.6 Å². The molecule has 140 valence electrons. The second-order valence-corrected chi connectivity index (χ2v) is 7.67. The Balaban J connectivity index is 1.95. The average Bonchev–Trinajstić information content (AvgIpc) is 2.77. The number of aryl methyl sites for hydroxylation is 2. The summed E-state index contributed by atoms with van der Waals surface area (Å²) >= 11 is 0. The van der Waals surface area contributed by atoms with Crippen LogP contribution in [0.25, 0.3) is 16.6 Å². The highest BCUT2D eigenvalue weighted by molar-refractivity contribution is 5.91. The fourth-order valence-electron chi connectivity index (χ4n) is 3.29. The molecule has 1 aromatic carbocycles. The number of nitrogens with zero attached hydrogens (tertiary/aromatic N) is 3. The first-order chi connectivity index (χ1) is 12.1. The highest BCUT2D eigenvalue weighted by Crippen LogP contribution is 2.32. The highest BCUT2D eigenvalue weighted by Gasteiger charge is 2.25. The van der Waals surface area contributed by atoms with Crippen LogP contribution in [-0.4, -0.2) is 43.9 Å². The number of aromatic nitrogens is 2. The number of fused-ring (bicyclic) bond motifs is 1. The van der Waals surface area contributed by atoms with Crippen LogP contribution in [0.5, 0.6) is 5.75 Å². The summed E-state index contributed by atoms with van der Waals surface area (Å²) in [6.45, 7) is 6.49. The van der Waals surface area contributed by atoms with Crippen LogP contribution in [0.2, 0.25) is 0 Å². The van der Waals surface area contributed by atoms with Gasteiger partial charge in [0, 0.05) is 38.8 Å². The number of imidazole rings is 1. The van der Waals surface area contributed by atoms with Crippen LogP contribution in [0.3, 0.4) is 0 Å². The van der Waals surface area contributed by atoms with Gasteiger partial charge in [-0.25, -0.2) is 9.59 Å². The van der Waals surface area contributed by atoms with E-state index in [4.69, 9.17) is 4.74 Å². The largest absolute Gasteiger partial charge is 0.508 e. The summed E-state index contributed by atoms with van der Waals surface area (Å²) in [5.41, 5.74) is 2.63. The third kappa shape index (κ3) is 3.21. The average molecular weight is 359 g/mol. The molecule has 0 bridgehead atoms. The van der Waals surface area contributed by atoms with E-state index in [1.54, 1.807) is 35.7 Å². The first-order valence-corrected chi connectivity index (χ1v) is 8.64. The quantitative estimate of drug-likeness (QED) is 0.849. The normalized spacial score (nSPS) is 15.3. The Labute approximate surface area is 152 Å². The van der Waals surface area contributed by atoms with E-state index in [9.17, 15) is 14.7 Å². The van der Waals surface area contributed by atoms with E-state index in [2.05, 4.69) is 0 Å². The zero-order chi connectivity index (χ0) is 19.2. The van der Waals surface area contributed by atoms with Crippen LogP contribution < -0.4 is 5.69 Å². The lowest BCUT2D eigenvalue weighted by molar-refractivity contribution is 0.0270. The van der Waals surface area contributed by atoms with Crippen LogP contribution in [0.1, 0.15) is 32.8 Å². The Bertz CT molecular complexity index is 960. The van der Waals surface area contributed by atoms with Crippen LogP contribution in [0, 0.1) is 0 Å². The van der Waals surface area contributed by atoms with Crippen molar-refractivity contribution in [2.24, 2.45) is 14.1 Å². The maximum absolute atomic E-state index is 12.3. The number of phenols is 1. The number of hydrogen-bond acceptors (Lipinski definition) is 4. The van der Waals surface area contributed by atoms with Crippen molar-refractivity contribution in [2.75, 3.05) is 13.1 Å². The molecule has 0 radical (unpaired) electrons. The molecule has 1 aromatic heterocycles. The lowest BCUT2D eigenvalue weighted by atomic mass is 9.97. The molecule has 0 saturated heterocycles. The smallest absolute Gasteiger partial charge is 0.410 e. The highest BCUT2D eigenvalue weighted by atomic mass is 16.6. The summed E-state index contributed by atoms with van der Waals surface area (Å²) in [4.78, 5) is 26.1. The summed E-state index contributed by atoms with van der Waals surface area (Å²) in [6, 6.07) is 3.27. The Morgan fingerprint density at radius 3 is 2.46 bits per heavy atom. The third-order valence-corrected chi connectivity index (χ3v) is 4.55. The van der Waals surface area contributed by atoms with Crippen molar-refractivity contribution in [2.45, 2.75) is 32.8 Å². The summed E-state index contributed by atoms with van der Waals surface area (Å²) < 4.78 is 8.53. The molecule has 1 amide bonds. The van der Waals surface area contributed by atoms with Gasteiger partial charge in [0.05, 0.1) is 11.0 Å². The van der Waals surface area contributed by atoms with Crippen molar-refractivity contribution in [3.63, 3.8) is 0 Å². The van der Waals surface area contributed by atoms with E-state index >= 15 is 0 Å². The number of phenolic OH excluding ortho intramolecular Hbond substituents is 1. The second-order valence-electron chi connectivity index (χ2n) is 7.67. The molecule has 0 spiro atoms. The van der Waals surface area contributed by atoms with Gasteiger partial charge in [0.1, 0.15) is 11.4 Å². The Morgan fingerprint density at radius 1 is 1.19 bits per heavy atom. The Kier molecular flexibility index (Phi) is 4.34. The number of rotatable bonds is 1. The SMILES string of the molecule is Cn1c(=O)n(C)c2c(C3=CCN(C(=O)OC(C)(C)C)CC3)cc(O)cc21. The first-order valence-electron chi connectivity index (χ1n) is 8.64. The standard InChI is InChI=1S/C19H25N3O4/c1-19(2,3)26-18(25)22-8-6-12(7-9-22)14-10-13(23)11-15-16(14)21(5)17(24)20(15)4/h6,10-11,23H,7-9H2,1-5H3. The third-order valence-electron chi connectivity index (χ3n) is 4.55. The molecule has 26 heavy (non-hydrogen) atoms. The van der Waals surface area contributed by atoms with Gasteiger partial charge in [-0.3, -0.25) is 9.13 Å². The maximum Gasteiger partial charge on any atom is 0.410 e. The fourth-order valence-corrected chi connectivity index (χ4v) is 3.29. The van der Waals surface area contributed by atoms with Gasteiger partial charge in [0.15, 0.2) is 0 Å². The molecular weight excluding hydrogens is 334 g/mol.